The lowest BCUT2D eigenvalue weighted by molar-refractivity contribution is -0.121. The summed E-state index contributed by atoms with van der Waals surface area (Å²) in [7, 11) is 0. The van der Waals surface area contributed by atoms with Gasteiger partial charge in [-0.2, -0.15) is 13.2 Å². The summed E-state index contributed by atoms with van der Waals surface area (Å²) in [4.78, 5) is 0. The molecular weight excluding hydrogens is 121 g/mol. The van der Waals surface area contributed by atoms with Gasteiger partial charge in [-0.25, -0.2) is 0 Å². The number of hydrogen-bond acceptors (Lipinski definition) is 1. The van der Waals surface area contributed by atoms with E-state index >= 15 is 0 Å². The topological polar surface area (TPSA) is 35.9 Å². The molecule has 5 heteroatoms. The van der Waals surface area contributed by atoms with Gasteiger partial charge in [-0.15, -0.1) is 0 Å². The highest BCUT2D eigenvalue weighted by Crippen LogP contribution is 2.11. The van der Waals surface area contributed by atoms with E-state index in [-0.39, 0.29) is 0 Å². The van der Waals surface area contributed by atoms with Crippen LogP contribution in [0, 0.1) is 5.41 Å². The van der Waals surface area contributed by atoms with E-state index in [1.54, 1.807) is 5.32 Å². The third-order valence-electron chi connectivity index (χ3n) is 0.377. The van der Waals surface area contributed by atoms with E-state index in [4.69, 9.17) is 5.41 Å². The lowest BCUT2D eigenvalue weighted by atomic mass is 10.6. The van der Waals surface area contributed by atoms with Crippen LogP contribution in [-0.2, 0) is 0 Å². The molecule has 0 spiro atoms. The van der Waals surface area contributed by atoms with Gasteiger partial charge in [0.05, 0.1) is 0 Å². The minimum absolute atomic E-state index is 1.18. The zero-order valence-corrected chi connectivity index (χ0v) is 3.84. The fraction of sp³-hybridized carbons (Fsp3) is 0.667. The normalized spacial score (nSPS) is 10.9. The SMILES string of the molecule is N=[C]NCC(F)(F)F. The number of alkyl halides is 3. The van der Waals surface area contributed by atoms with Crippen LogP contribution >= 0.6 is 0 Å². The van der Waals surface area contributed by atoms with Crippen molar-refractivity contribution in [2.45, 2.75) is 6.18 Å². The van der Waals surface area contributed by atoms with Gasteiger partial charge in [0.15, 0.2) is 6.34 Å². The minimum Gasteiger partial charge on any atom is -0.359 e. The van der Waals surface area contributed by atoms with Crippen molar-refractivity contribution in [2.75, 3.05) is 6.54 Å². The van der Waals surface area contributed by atoms with E-state index in [2.05, 4.69) is 0 Å². The van der Waals surface area contributed by atoms with Crippen molar-refractivity contribution in [2.24, 2.45) is 0 Å². The van der Waals surface area contributed by atoms with E-state index in [1.807, 2.05) is 0 Å². The first-order chi connectivity index (χ1) is 3.56. The van der Waals surface area contributed by atoms with Crippen LogP contribution in [-0.4, -0.2) is 19.1 Å². The van der Waals surface area contributed by atoms with Crippen LogP contribution in [0.1, 0.15) is 0 Å². The first-order valence-corrected chi connectivity index (χ1v) is 1.77. The van der Waals surface area contributed by atoms with E-state index in [0.717, 1.165) is 0 Å². The fourth-order valence-electron chi connectivity index (χ4n) is 0.144. The zero-order chi connectivity index (χ0) is 6.62. The van der Waals surface area contributed by atoms with Crippen molar-refractivity contribution >= 4 is 6.34 Å². The summed E-state index contributed by atoms with van der Waals surface area (Å²) in [5.74, 6) is 0. The molecule has 0 rings (SSSR count). The van der Waals surface area contributed by atoms with Crippen molar-refractivity contribution < 1.29 is 13.2 Å². The molecule has 0 saturated heterocycles. The van der Waals surface area contributed by atoms with Crippen LogP contribution in [0.4, 0.5) is 13.2 Å². The van der Waals surface area contributed by atoms with Crippen molar-refractivity contribution in [3.05, 3.63) is 0 Å². The van der Waals surface area contributed by atoms with E-state index in [9.17, 15) is 13.2 Å². The molecule has 0 aliphatic rings. The summed E-state index contributed by atoms with van der Waals surface area (Å²) in [6, 6.07) is 0. The Bertz CT molecular complexity index is 77.1. The third-order valence-corrected chi connectivity index (χ3v) is 0.377. The molecule has 0 bridgehead atoms. The maximum atomic E-state index is 11.1. The Balaban J connectivity index is 3.24. The van der Waals surface area contributed by atoms with Crippen LogP contribution in [0.3, 0.4) is 0 Å². The Labute approximate surface area is 44.2 Å². The summed E-state index contributed by atoms with van der Waals surface area (Å²) in [6.45, 7) is -1.18. The van der Waals surface area contributed by atoms with Crippen LogP contribution in [0.15, 0.2) is 0 Å². The van der Waals surface area contributed by atoms with Gasteiger partial charge in [0, 0.05) is 0 Å². The smallest absolute Gasteiger partial charge is 0.359 e. The maximum Gasteiger partial charge on any atom is 0.405 e. The van der Waals surface area contributed by atoms with E-state index < -0.39 is 12.7 Å². The molecule has 0 saturated carbocycles. The summed E-state index contributed by atoms with van der Waals surface area (Å²) in [5.41, 5.74) is 0. The Kier molecular flexibility index (Phi) is 2.30. The van der Waals surface area contributed by atoms with E-state index in [1.165, 1.54) is 6.34 Å². The molecule has 2 N–H and O–H groups in total. The number of hydrogen-bond donors (Lipinski definition) is 2. The number of nitrogens with one attached hydrogen (secondary N) is 2. The molecule has 8 heavy (non-hydrogen) atoms. The summed E-state index contributed by atoms with van der Waals surface area (Å²) < 4.78 is 33.2. The molecule has 2 nitrogen and oxygen atoms in total. The van der Waals surface area contributed by atoms with Gasteiger partial charge in [-0.3, -0.25) is 5.41 Å². The van der Waals surface area contributed by atoms with Gasteiger partial charge in [0.25, 0.3) is 0 Å². The predicted molar refractivity (Wildman–Crippen MR) is 21.8 cm³/mol. The first-order valence-electron chi connectivity index (χ1n) is 1.77. The van der Waals surface area contributed by atoms with Crippen LogP contribution in [0.2, 0.25) is 0 Å². The van der Waals surface area contributed by atoms with Gasteiger partial charge in [0.1, 0.15) is 6.54 Å². The van der Waals surface area contributed by atoms with Gasteiger partial charge in [-0.05, 0) is 0 Å². The highest BCUT2D eigenvalue weighted by molar-refractivity contribution is 5.49. The molecule has 0 amide bonds. The molecule has 0 aliphatic heterocycles. The highest BCUT2D eigenvalue weighted by atomic mass is 19.4. The Morgan fingerprint density at radius 3 is 2.12 bits per heavy atom. The molecular formula is C3H4F3N2. The highest BCUT2D eigenvalue weighted by Gasteiger charge is 2.25. The van der Waals surface area contributed by atoms with Crippen molar-refractivity contribution in [1.82, 2.24) is 5.32 Å². The first kappa shape index (κ1) is 7.26. The lowest BCUT2D eigenvalue weighted by Crippen LogP contribution is -2.27. The molecule has 0 aromatic heterocycles. The third kappa shape index (κ3) is 5.26. The second-order valence-corrected chi connectivity index (χ2v) is 1.09. The van der Waals surface area contributed by atoms with Crippen LogP contribution < -0.4 is 5.32 Å². The Morgan fingerprint density at radius 2 is 2.00 bits per heavy atom. The fourth-order valence-corrected chi connectivity index (χ4v) is 0.144. The zero-order valence-electron chi connectivity index (χ0n) is 3.84. The van der Waals surface area contributed by atoms with E-state index in [0.29, 0.717) is 0 Å². The number of rotatable bonds is 2. The van der Waals surface area contributed by atoms with Crippen LogP contribution in [0.5, 0.6) is 0 Å². The molecule has 0 aromatic carbocycles. The largest absolute Gasteiger partial charge is 0.405 e. The molecule has 0 fully saturated rings. The van der Waals surface area contributed by atoms with Crippen molar-refractivity contribution in [1.29, 1.82) is 5.41 Å². The van der Waals surface area contributed by atoms with Gasteiger partial charge >= 0.3 is 6.18 Å². The second-order valence-electron chi connectivity index (χ2n) is 1.09. The summed E-state index contributed by atoms with van der Waals surface area (Å²) >= 11 is 0. The average Bonchev–Trinajstić information content (AvgIpc) is 1.59. The number of halogens is 3. The summed E-state index contributed by atoms with van der Waals surface area (Å²) in [6.07, 6.45) is -2.84. The molecule has 0 aromatic rings. The monoisotopic (exact) mass is 125 g/mol. The predicted octanol–water partition coefficient (Wildman–Crippen LogP) is 0.622. The molecule has 47 valence electrons. The van der Waals surface area contributed by atoms with Gasteiger partial charge < -0.3 is 5.32 Å². The minimum atomic E-state index is -4.24. The molecule has 0 heterocycles. The van der Waals surface area contributed by atoms with Crippen molar-refractivity contribution in [3.63, 3.8) is 0 Å². The summed E-state index contributed by atoms with van der Waals surface area (Å²) in [5, 5.41) is 7.60. The van der Waals surface area contributed by atoms with Gasteiger partial charge in [-0.1, -0.05) is 0 Å². The molecule has 0 aliphatic carbocycles. The average molecular weight is 125 g/mol. The Morgan fingerprint density at radius 1 is 1.50 bits per heavy atom. The quantitative estimate of drug-likeness (QED) is 0.317. The molecule has 1 radical (unpaired) electrons. The van der Waals surface area contributed by atoms with Crippen LogP contribution in [0.25, 0.3) is 0 Å². The van der Waals surface area contributed by atoms with Crippen molar-refractivity contribution in [3.8, 4) is 0 Å². The molecule has 0 unspecified atom stereocenters. The molecule has 0 atom stereocenters. The standard InChI is InChI=1S/C3H4F3N2/c4-3(5,6)1-8-2-7/h1H2,(H2,7,8). The Hall–Kier alpha value is -0.740. The lowest BCUT2D eigenvalue weighted by Gasteiger charge is -2.02. The van der Waals surface area contributed by atoms with Gasteiger partial charge in [0.2, 0.25) is 0 Å². The second kappa shape index (κ2) is 2.54. The maximum absolute atomic E-state index is 11.1.